The van der Waals surface area contributed by atoms with E-state index in [9.17, 15) is 4.79 Å². The van der Waals surface area contributed by atoms with Gasteiger partial charge >= 0.3 is 0 Å². The molecule has 3 N–H and O–H groups in total. The Bertz CT molecular complexity index is 445. The molecule has 0 aliphatic rings. The van der Waals surface area contributed by atoms with Gasteiger partial charge in [-0.1, -0.05) is 13.0 Å². The molecule has 0 radical (unpaired) electrons. The minimum absolute atomic E-state index is 0.372. The molecule has 20 heavy (non-hydrogen) atoms. The normalized spacial score (nSPS) is 12.7. The van der Waals surface area contributed by atoms with Crippen molar-refractivity contribution in [3.8, 4) is 0 Å². The Balaban J connectivity index is 2.41. The predicted octanol–water partition coefficient (Wildman–Crippen LogP) is 1.91. The summed E-state index contributed by atoms with van der Waals surface area (Å²) < 4.78 is 0. The molecule has 4 nitrogen and oxygen atoms in total. The second kappa shape index (κ2) is 8.02. The Morgan fingerprint density at radius 2 is 2.15 bits per heavy atom. The van der Waals surface area contributed by atoms with Crippen LogP contribution < -0.4 is 11.1 Å². The third-order valence-corrected chi connectivity index (χ3v) is 3.93. The third-order valence-electron chi connectivity index (χ3n) is 3.93. The molecule has 0 heterocycles. The van der Waals surface area contributed by atoms with E-state index in [-0.39, 0.29) is 5.91 Å². The Morgan fingerprint density at radius 1 is 1.45 bits per heavy atom. The molecule has 0 aliphatic heterocycles. The van der Waals surface area contributed by atoms with Crippen molar-refractivity contribution in [3.05, 3.63) is 34.9 Å². The van der Waals surface area contributed by atoms with Crippen LogP contribution >= 0.6 is 0 Å². The molecule has 1 amide bonds. The van der Waals surface area contributed by atoms with Crippen LogP contribution in [0.4, 0.5) is 0 Å². The van der Waals surface area contributed by atoms with Crippen LogP contribution in [0.1, 0.15) is 41.8 Å². The van der Waals surface area contributed by atoms with Gasteiger partial charge < -0.3 is 16.0 Å². The SMILES string of the molecule is CCC(C)N(C)CCNCc1ccc(C(N)=O)cc1C. The van der Waals surface area contributed by atoms with E-state index in [1.54, 1.807) is 6.07 Å². The number of likely N-dealkylation sites (N-methyl/N-ethyl adjacent to an activating group) is 1. The van der Waals surface area contributed by atoms with E-state index in [0.717, 1.165) is 25.2 Å². The highest BCUT2D eigenvalue weighted by Gasteiger charge is 2.06. The molecule has 0 saturated carbocycles. The molecule has 1 rings (SSSR count). The van der Waals surface area contributed by atoms with E-state index in [4.69, 9.17) is 5.73 Å². The van der Waals surface area contributed by atoms with Crippen LogP contribution in [0.3, 0.4) is 0 Å². The highest BCUT2D eigenvalue weighted by Crippen LogP contribution is 2.10. The number of aryl methyl sites for hydroxylation is 1. The molecular formula is C16H27N3O. The predicted molar refractivity (Wildman–Crippen MR) is 83.8 cm³/mol. The lowest BCUT2D eigenvalue weighted by Crippen LogP contribution is -2.34. The van der Waals surface area contributed by atoms with Gasteiger partial charge in [-0.2, -0.15) is 0 Å². The van der Waals surface area contributed by atoms with E-state index >= 15 is 0 Å². The number of hydrogen-bond acceptors (Lipinski definition) is 3. The topological polar surface area (TPSA) is 58.4 Å². The highest BCUT2D eigenvalue weighted by atomic mass is 16.1. The van der Waals surface area contributed by atoms with Crippen LogP contribution in [0.25, 0.3) is 0 Å². The maximum Gasteiger partial charge on any atom is 0.248 e. The Kier molecular flexibility index (Phi) is 6.68. The fraction of sp³-hybridized carbons (Fsp3) is 0.562. The number of nitrogens with one attached hydrogen (secondary N) is 1. The van der Waals surface area contributed by atoms with Gasteiger partial charge in [-0.3, -0.25) is 4.79 Å². The highest BCUT2D eigenvalue weighted by molar-refractivity contribution is 5.93. The number of carbonyl (C=O) groups excluding carboxylic acids is 1. The number of nitrogens with two attached hydrogens (primary N) is 1. The number of amides is 1. The number of benzene rings is 1. The maximum absolute atomic E-state index is 11.1. The van der Waals surface area contributed by atoms with Crippen molar-refractivity contribution < 1.29 is 4.79 Å². The zero-order valence-electron chi connectivity index (χ0n) is 13.1. The quantitative estimate of drug-likeness (QED) is 0.714. The first kappa shape index (κ1) is 16.7. The Morgan fingerprint density at radius 3 is 2.70 bits per heavy atom. The fourth-order valence-corrected chi connectivity index (χ4v) is 2.06. The van der Waals surface area contributed by atoms with E-state index in [1.807, 2.05) is 19.1 Å². The number of primary amides is 1. The van der Waals surface area contributed by atoms with Crippen molar-refractivity contribution >= 4 is 5.91 Å². The number of carbonyl (C=O) groups is 1. The second-order valence-corrected chi connectivity index (χ2v) is 5.42. The molecule has 0 aliphatic carbocycles. The van der Waals surface area contributed by atoms with Gasteiger partial charge in [0.25, 0.3) is 0 Å². The van der Waals surface area contributed by atoms with Gasteiger partial charge in [0.05, 0.1) is 0 Å². The summed E-state index contributed by atoms with van der Waals surface area (Å²) in [6.07, 6.45) is 1.17. The summed E-state index contributed by atoms with van der Waals surface area (Å²) in [5.41, 5.74) is 8.15. The third kappa shape index (κ3) is 4.94. The number of hydrogen-bond donors (Lipinski definition) is 2. The van der Waals surface area contributed by atoms with Gasteiger partial charge in [0.2, 0.25) is 5.91 Å². The van der Waals surface area contributed by atoms with E-state index < -0.39 is 0 Å². The van der Waals surface area contributed by atoms with Gasteiger partial charge in [-0.15, -0.1) is 0 Å². The summed E-state index contributed by atoms with van der Waals surface area (Å²) in [5.74, 6) is -0.372. The summed E-state index contributed by atoms with van der Waals surface area (Å²) in [4.78, 5) is 13.5. The lowest BCUT2D eigenvalue weighted by atomic mass is 10.0. The van der Waals surface area contributed by atoms with Gasteiger partial charge in [0.1, 0.15) is 0 Å². The van der Waals surface area contributed by atoms with Gasteiger partial charge in [-0.25, -0.2) is 0 Å². The molecular weight excluding hydrogens is 250 g/mol. The van der Waals surface area contributed by atoms with Crippen molar-refractivity contribution in [2.24, 2.45) is 5.73 Å². The minimum Gasteiger partial charge on any atom is -0.366 e. The van der Waals surface area contributed by atoms with Crippen LogP contribution in [0.5, 0.6) is 0 Å². The smallest absolute Gasteiger partial charge is 0.248 e. The molecule has 0 bridgehead atoms. The number of nitrogens with zero attached hydrogens (tertiary/aromatic N) is 1. The van der Waals surface area contributed by atoms with Crippen molar-refractivity contribution in [2.75, 3.05) is 20.1 Å². The molecule has 0 aromatic heterocycles. The van der Waals surface area contributed by atoms with Gasteiger partial charge in [0.15, 0.2) is 0 Å². The summed E-state index contributed by atoms with van der Waals surface area (Å²) >= 11 is 0. The number of rotatable bonds is 8. The summed E-state index contributed by atoms with van der Waals surface area (Å²) in [5, 5.41) is 3.44. The van der Waals surface area contributed by atoms with E-state index in [0.29, 0.717) is 11.6 Å². The molecule has 0 spiro atoms. The van der Waals surface area contributed by atoms with Gasteiger partial charge in [-0.05, 0) is 50.6 Å². The largest absolute Gasteiger partial charge is 0.366 e. The molecule has 1 aromatic rings. The lowest BCUT2D eigenvalue weighted by Gasteiger charge is -2.23. The van der Waals surface area contributed by atoms with E-state index in [2.05, 4.69) is 31.1 Å². The average Bonchev–Trinajstić information content (AvgIpc) is 2.43. The summed E-state index contributed by atoms with van der Waals surface area (Å²) in [6.45, 7) is 9.27. The zero-order valence-corrected chi connectivity index (χ0v) is 13.1. The first-order chi connectivity index (χ1) is 9.45. The summed E-state index contributed by atoms with van der Waals surface area (Å²) in [6, 6.07) is 6.23. The van der Waals surface area contributed by atoms with Crippen molar-refractivity contribution in [1.29, 1.82) is 0 Å². The molecule has 4 heteroatoms. The minimum atomic E-state index is -0.372. The maximum atomic E-state index is 11.1. The first-order valence-electron chi connectivity index (χ1n) is 7.26. The van der Waals surface area contributed by atoms with Crippen LogP contribution in [0.15, 0.2) is 18.2 Å². The van der Waals surface area contributed by atoms with Crippen molar-refractivity contribution in [1.82, 2.24) is 10.2 Å². The van der Waals surface area contributed by atoms with Crippen LogP contribution in [-0.2, 0) is 6.54 Å². The molecule has 0 saturated heterocycles. The van der Waals surface area contributed by atoms with Crippen LogP contribution in [0, 0.1) is 6.92 Å². The molecule has 0 fully saturated rings. The Hall–Kier alpha value is -1.39. The van der Waals surface area contributed by atoms with E-state index in [1.165, 1.54) is 12.0 Å². The molecule has 1 aromatic carbocycles. The first-order valence-corrected chi connectivity index (χ1v) is 7.26. The molecule has 1 unspecified atom stereocenters. The standard InChI is InChI=1S/C16H27N3O/c1-5-13(3)19(4)9-8-18-11-15-7-6-14(16(17)20)10-12(15)2/h6-7,10,13,18H,5,8-9,11H2,1-4H3,(H2,17,20). The van der Waals surface area contributed by atoms with Crippen molar-refractivity contribution in [2.45, 2.75) is 39.8 Å². The lowest BCUT2D eigenvalue weighted by molar-refractivity contribution is 0.1000. The average molecular weight is 277 g/mol. The van der Waals surface area contributed by atoms with Crippen molar-refractivity contribution in [3.63, 3.8) is 0 Å². The fourth-order valence-electron chi connectivity index (χ4n) is 2.06. The molecule has 112 valence electrons. The Labute approximate surface area is 122 Å². The monoisotopic (exact) mass is 277 g/mol. The van der Waals surface area contributed by atoms with Gasteiger partial charge in [0, 0.05) is 31.2 Å². The van der Waals surface area contributed by atoms with Crippen LogP contribution in [-0.4, -0.2) is 37.0 Å². The molecule has 1 atom stereocenters. The zero-order chi connectivity index (χ0) is 15.1. The second-order valence-electron chi connectivity index (χ2n) is 5.42. The van der Waals surface area contributed by atoms with Crippen LogP contribution in [0.2, 0.25) is 0 Å². The summed E-state index contributed by atoms with van der Waals surface area (Å²) in [7, 11) is 2.16.